The number of nitrogens with one attached hydrogen (secondary N) is 1. The highest BCUT2D eigenvalue weighted by molar-refractivity contribution is 5.65. The molecule has 0 spiro atoms. The van der Waals surface area contributed by atoms with Gasteiger partial charge in [-0.2, -0.15) is 0 Å². The number of rotatable bonds is 1. The molecule has 0 aliphatic carbocycles. The van der Waals surface area contributed by atoms with Gasteiger partial charge in [0, 0.05) is 12.6 Å². The van der Waals surface area contributed by atoms with E-state index in [4.69, 9.17) is 0 Å². The average molecular weight is 254 g/mol. The quantitative estimate of drug-likeness (QED) is 0.755. The van der Waals surface area contributed by atoms with E-state index in [1.807, 2.05) is 0 Å². The third-order valence-electron chi connectivity index (χ3n) is 4.65. The van der Waals surface area contributed by atoms with Crippen molar-refractivity contribution < 1.29 is 9.90 Å². The van der Waals surface area contributed by atoms with Crippen molar-refractivity contribution in [2.75, 3.05) is 19.6 Å². The minimum Gasteiger partial charge on any atom is -0.465 e. The molecule has 0 aromatic heterocycles. The van der Waals surface area contributed by atoms with E-state index in [0.29, 0.717) is 12.5 Å². The average Bonchev–Trinajstić information content (AvgIpc) is 2.80. The van der Waals surface area contributed by atoms with Gasteiger partial charge in [-0.15, -0.1) is 0 Å². The van der Waals surface area contributed by atoms with Gasteiger partial charge in [0.1, 0.15) is 0 Å². The van der Waals surface area contributed by atoms with Crippen molar-refractivity contribution in [2.45, 2.75) is 46.1 Å². The summed E-state index contributed by atoms with van der Waals surface area (Å²) in [4.78, 5) is 13.0. The van der Waals surface area contributed by atoms with Crippen molar-refractivity contribution >= 4 is 6.09 Å². The molecule has 0 radical (unpaired) electrons. The second-order valence-electron chi connectivity index (χ2n) is 6.90. The smallest absolute Gasteiger partial charge is 0.407 e. The van der Waals surface area contributed by atoms with E-state index in [9.17, 15) is 9.90 Å². The van der Waals surface area contributed by atoms with Crippen LogP contribution < -0.4 is 5.32 Å². The third kappa shape index (κ3) is 2.79. The summed E-state index contributed by atoms with van der Waals surface area (Å²) in [7, 11) is 0. The van der Waals surface area contributed by atoms with E-state index >= 15 is 0 Å². The Bertz CT molecular complexity index is 305. The fraction of sp³-hybridized carbons (Fsp3) is 0.929. The van der Waals surface area contributed by atoms with Crippen LogP contribution in [0.2, 0.25) is 0 Å². The highest BCUT2D eigenvalue weighted by atomic mass is 16.4. The number of carbonyl (C=O) groups is 1. The number of hydrogen-bond acceptors (Lipinski definition) is 2. The molecule has 0 aromatic carbocycles. The predicted octanol–water partition coefficient (Wildman–Crippen LogP) is 2.40. The molecule has 0 saturated carbocycles. The third-order valence-corrected chi connectivity index (χ3v) is 4.65. The van der Waals surface area contributed by atoms with Crippen molar-refractivity contribution in [3.8, 4) is 0 Å². The number of amides is 1. The molecule has 3 atom stereocenters. The van der Waals surface area contributed by atoms with Crippen molar-refractivity contribution in [2.24, 2.45) is 17.3 Å². The van der Waals surface area contributed by atoms with Crippen molar-refractivity contribution in [3.05, 3.63) is 0 Å². The first-order valence-electron chi connectivity index (χ1n) is 7.10. The van der Waals surface area contributed by atoms with Crippen LogP contribution in [-0.2, 0) is 0 Å². The van der Waals surface area contributed by atoms with Gasteiger partial charge in [-0.1, -0.05) is 20.8 Å². The maximum absolute atomic E-state index is 11.4. The Morgan fingerprint density at radius 2 is 2.00 bits per heavy atom. The van der Waals surface area contributed by atoms with E-state index in [0.717, 1.165) is 31.8 Å². The SMILES string of the molecule is CC(C)(C)C1CC([C@@H]2CCNC2)CCN1C(=O)O. The normalized spacial score (nSPS) is 33.7. The molecule has 2 rings (SSSR count). The first-order valence-corrected chi connectivity index (χ1v) is 7.10. The van der Waals surface area contributed by atoms with Crippen LogP contribution in [0.5, 0.6) is 0 Å². The molecule has 4 nitrogen and oxygen atoms in total. The molecule has 2 aliphatic rings. The molecule has 0 bridgehead atoms. The highest BCUT2D eigenvalue weighted by Gasteiger charge is 2.41. The topological polar surface area (TPSA) is 52.6 Å². The van der Waals surface area contributed by atoms with Crippen molar-refractivity contribution in [3.63, 3.8) is 0 Å². The molecule has 2 saturated heterocycles. The lowest BCUT2D eigenvalue weighted by Crippen LogP contribution is -2.52. The molecule has 2 heterocycles. The van der Waals surface area contributed by atoms with Crippen LogP contribution in [0.15, 0.2) is 0 Å². The minimum absolute atomic E-state index is 0.0308. The molecule has 2 aliphatic heterocycles. The van der Waals surface area contributed by atoms with Gasteiger partial charge in [-0.25, -0.2) is 4.79 Å². The monoisotopic (exact) mass is 254 g/mol. The van der Waals surface area contributed by atoms with E-state index < -0.39 is 6.09 Å². The Hall–Kier alpha value is -0.770. The van der Waals surface area contributed by atoms with E-state index in [1.165, 1.54) is 6.42 Å². The number of hydrogen-bond donors (Lipinski definition) is 2. The summed E-state index contributed by atoms with van der Waals surface area (Å²) < 4.78 is 0. The van der Waals surface area contributed by atoms with Gasteiger partial charge in [0.15, 0.2) is 0 Å². The highest BCUT2D eigenvalue weighted by Crippen LogP contribution is 2.38. The number of likely N-dealkylation sites (tertiary alicyclic amines) is 1. The lowest BCUT2D eigenvalue weighted by atomic mass is 9.73. The second kappa shape index (κ2) is 5.08. The van der Waals surface area contributed by atoms with Crippen LogP contribution in [0.3, 0.4) is 0 Å². The van der Waals surface area contributed by atoms with Crippen LogP contribution in [0.4, 0.5) is 4.79 Å². The zero-order valence-electron chi connectivity index (χ0n) is 11.8. The summed E-state index contributed by atoms with van der Waals surface area (Å²) in [5.74, 6) is 1.45. The molecule has 4 heteroatoms. The van der Waals surface area contributed by atoms with Crippen LogP contribution in [0.25, 0.3) is 0 Å². The van der Waals surface area contributed by atoms with Gasteiger partial charge in [-0.05, 0) is 49.6 Å². The minimum atomic E-state index is -0.752. The van der Waals surface area contributed by atoms with Crippen LogP contribution in [0.1, 0.15) is 40.0 Å². The zero-order chi connectivity index (χ0) is 13.3. The zero-order valence-corrected chi connectivity index (χ0v) is 11.8. The standard InChI is InChI=1S/C14H26N2O2/c1-14(2,3)12-8-10(11-4-6-15-9-11)5-7-16(12)13(17)18/h10-12,15H,4-9H2,1-3H3,(H,17,18)/t10?,11-,12?/m1/s1. The summed E-state index contributed by atoms with van der Waals surface area (Å²) in [5, 5.41) is 12.8. The molecule has 0 aromatic rings. The molecule has 1 amide bonds. The largest absolute Gasteiger partial charge is 0.465 e. The van der Waals surface area contributed by atoms with Gasteiger partial charge >= 0.3 is 6.09 Å². The van der Waals surface area contributed by atoms with Gasteiger partial charge in [0.05, 0.1) is 0 Å². The van der Waals surface area contributed by atoms with Crippen LogP contribution >= 0.6 is 0 Å². The summed E-state index contributed by atoms with van der Waals surface area (Å²) in [6.07, 6.45) is 2.57. The van der Waals surface area contributed by atoms with E-state index in [-0.39, 0.29) is 11.5 Å². The molecule has 18 heavy (non-hydrogen) atoms. The predicted molar refractivity (Wildman–Crippen MR) is 71.7 cm³/mol. The summed E-state index contributed by atoms with van der Waals surface area (Å²) in [5.41, 5.74) is 0.0308. The molecule has 2 fully saturated rings. The second-order valence-corrected chi connectivity index (χ2v) is 6.90. The summed E-state index contributed by atoms with van der Waals surface area (Å²) in [6, 6.07) is 0.161. The Kier molecular flexibility index (Phi) is 3.85. The Labute approximate surface area is 110 Å². The number of piperidine rings is 1. The van der Waals surface area contributed by atoms with Crippen molar-refractivity contribution in [1.29, 1.82) is 0 Å². The summed E-state index contributed by atoms with van der Waals surface area (Å²) >= 11 is 0. The molecular weight excluding hydrogens is 228 g/mol. The summed E-state index contributed by atoms with van der Waals surface area (Å²) in [6.45, 7) is 9.42. The van der Waals surface area contributed by atoms with Crippen molar-refractivity contribution in [1.82, 2.24) is 10.2 Å². The Balaban J connectivity index is 2.07. The molecular formula is C14H26N2O2. The van der Waals surface area contributed by atoms with Gasteiger partial charge in [0.2, 0.25) is 0 Å². The molecule has 104 valence electrons. The fourth-order valence-electron chi connectivity index (χ4n) is 3.55. The molecule has 2 unspecified atom stereocenters. The van der Waals surface area contributed by atoms with Gasteiger partial charge < -0.3 is 15.3 Å². The van der Waals surface area contributed by atoms with Gasteiger partial charge in [0.25, 0.3) is 0 Å². The Morgan fingerprint density at radius 1 is 1.28 bits per heavy atom. The van der Waals surface area contributed by atoms with E-state index in [2.05, 4.69) is 26.1 Å². The maximum Gasteiger partial charge on any atom is 0.407 e. The lowest BCUT2D eigenvalue weighted by molar-refractivity contribution is 0.0297. The Morgan fingerprint density at radius 3 is 2.50 bits per heavy atom. The number of carboxylic acid groups (broad SMARTS) is 1. The molecule has 2 N–H and O–H groups in total. The maximum atomic E-state index is 11.4. The lowest BCUT2D eigenvalue weighted by Gasteiger charge is -2.46. The van der Waals surface area contributed by atoms with Crippen LogP contribution in [-0.4, -0.2) is 41.8 Å². The number of nitrogens with zero attached hydrogens (tertiary/aromatic N) is 1. The van der Waals surface area contributed by atoms with Crippen LogP contribution in [0, 0.1) is 17.3 Å². The van der Waals surface area contributed by atoms with Gasteiger partial charge in [-0.3, -0.25) is 0 Å². The first-order chi connectivity index (χ1) is 8.39. The first kappa shape index (κ1) is 13.7. The van der Waals surface area contributed by atoms with E-state index in [1.54, 1.807) is 4.90 Å². The fourth-order valence-corrected chi connectivity index (χ4v) is 3.55.